The van der Waals surface area contributed by atoms with E-state index in [4.69, 9.17) is 10.00 Å². The van der Waals surface area contributed by atoms with Gasteiger partial charge < -0.3 is 10.1 Å². The predicted molar refractivity (Wildman–Crippen MR) is 72.0 cm³/mol. The Morgan fingerprint density at radius 3 is 2.55 bits per heavy atom. The third-order valence-corrected chi connectivity index (χ3v) is 2.62. The molecule has 100 valence electrons. The maximum atomic E-state index is 11.6. The van der Waals surface area contributed by atoms with Crippen LogP contribution in [0.1, 0.15) is 10.4 Å². The second-order valence-electron chi connectivity index (χ2n) is 3.88. The first-order chi connectivity index (χ1) is 9.74. The van der Waals surface area contributed by atoms with Gasteiger partial charge in [0, 0.05) is 17.2 Å². The zero-order valence-electron chi connectivity index (χ0n) is 10.8. The number of carbonyl (C=O) groups excluding carboxylic acids is 1. The van der Waals surface area contributed by atoms with Gasteiger partial charge in [0.2, 0.25) is 5.88 Å². The van der Waals surface area contributed by atoms with Gasteiger partial charge in [-0.3, -0.25) is 4.79 Å². The molecule has 6 heteroatoms. The summed E-state index contributed by atoms with van der Waals surface area (Å²) in [5.74, 6) is 0.167. The van der Waals surface area contributed by atoms with Crippen LogP contribution in [0.2, 0.25) is 0 Å². The maximum absolute atomic E-state index is 11.6. The fourth-order valence-electron chi connectivity index (χ4n) is 1.60. The quantitative estimate of drug-likeness (QED) is 0.847. The van der Waals surface area contributed by atoms with Crippen molar-refractivity contribution in [3.63, 3.8) is 0 Å². The van der Waals surface area contributed by atoms with Crippen LogP contribution < -0.4 is 10.1 Å². The van der Waals surface area contributed by atoms with Crippen molar-refractivity contribution in [2.24, 2.45) is 0 Å². The van der Waals surface area contributed by atoms with Crippen LogP contribution in [0.25, 0.3) is 11.3 Å². The molecule has 1 heterocycles. The Bertz CT molecular complexity index is 630. The van der Waals surface area contributed by atoms with E-state index in [0.717, 1.165) is 5.56 Å². The zero-order valence-corrected chi connectivity index (χ0v) is 10.8. The average Bonchev–Trinajstić information content (AvgIpc) is 2.53. The van der Waals surface area contributed by atoms with Crippen molar-refractivity contribution in [1.29, 1.82) is 5.26 Å². The number of methoxy groups -OCH3 is 1. The molecule has 0 aliphatic carbocycles. The molecule has 0 spiro atoms. The summed E-state index contributed by atoms with van der Waals surface area (Å²) in [5, 5.41) is 18.8. The van der Waals surface area contributed by atoms with Crippen LogP contribution in [0.3, 0.4) is 0 Å². The van der Waals surface area contributed by atoms with Crippen LogP contribution >= 0.6 is 0 Å². The number of rotatable bonds is 4. The number of aromatic nitrogens is 2. The molecule has 0 radical (unpaired) electrons. The zero-order chi connectivity index (χ0) is 14.4. The highest BCUT2D eigenvalue weighted by atomic mass is 16.5. The number of nitrogens with one attached hydrogen (secondary N) is 1. The van der Waals surface area contributed by atoms with Gasteiger partial charge in [0.05, 0.1) is 18.9 Å². The second-order valence-corrected chi connectivity index (χ2v) is 3.88. The van der Waals surface area contributed by atoms with Crippen molar-refractivity contribution in [3.8, 4) is 23.2 Å². The number of hydrogen-bond acceptors (Lipinski definition) is 5. The molecule has 0 unspecified atom stereocenters. The summed E-state index contributed by atoms with van der Waals surface area (Å²) < 4.78 is 4.94. The van der Waals surface area contributed by atoms with Crippen molar-refractivity contribution in [3.05, 3.63) is 42.0 Å². The summed E-state index contributed by atoms with van der Waals surface area (Å²) >= 11 is 0. The second kappa shape index (κ2) is 6.29. The Morgan fingerprint density at radius 2 is 2.00 bits per heavy atom. The molecule has 0 atom stereocenters. The lowest BCUT2D eigenvalue weighted by Crippen LogP contribution is -2.23. The Hall–Kier alpha value is -2.94. The van der Waals surface area contributed by atoms with Crippen molar-refractivity contribution >= 4 is 5.91 Å². The molecule has 1 N–H and O–H groups in total. The van der Waals surface area contributed by atoms with Crippen LogP contribution in [0.15, 0.2) is 36.4 Å². The Morgan fingerprint density at radius 1 is 1.25 bits per heavy atom. The van der Waals surface area contributed by atoms with Crippen LogP contribution in [0, 0.1) is 11.3 Å². The predicted octanol–water partition coefficient (Wildman–Crippen LogP) is 1.41. The Kier molecular flexibility index (Phi) is 4.24. The first-order valence-corrected chi connectivity index (χ1v) is 5.88. The molecule has 0 aliphatic rings. The van der Waals surface area contributed by atoms with Gasteiger partial charge in [-0.15, -0.1) is 10.2 Å². The highest BCUT2D eigenvalue weighted by molar-refractivity contribution is 5.94. The van der Waals surface area contributed by atoms with E-state index in [0.29, 0.717) is 17.1 Å². The number of carbonyl (C=O) groups is 1. The summed E-state index contributed by atoms with van der Waals surface area (Å²) in [6.07, 6.45) is 0. The number of hydrogen-bond donors (Lipinski definition) is 1. The molecule has 1 aromatic carbocycles. The maximum Gasteiger partial charge on any atom is 0.252 e. The largest absolute Gasteiger partial charge is 0.480 e. The number of amides is 1. The van der Waals surface area contributed by atoms with Gasteiger partial charge in [-0.25, -0.2) is 0 Å². The lowest BCUT2D eigenvalue weighted by Gasteiger charge is -2.04. The van der Waals surface area contributed by atoms with E-state index in [-0.39, 0.29) is 12.5 Å². The third kappa shape index (κ3) is 3.09. The van der Waals surface area contributed by atoms with E-state index in [1.807, 2.05) is 6.07 Å². The molecular weight excluding hydrogens is 256 g/mol. The van der Waals surface area contributed by atoms with Crippen LogP contribution in [0.5, 0.6) is 5.88 Å². The SMILES string of the molecule is COc1ccc(-c2ccc(C(=O)NCC#N)cc2)nn1. The van der Waals surface area contributed by atoms with Gasteiger partial charge in [0.1, 0.15) is 6.54 Å². The number of benzene rings is 1. The van der Waals surface area contributed by atoms with E-state index < -0.39 is 0 Å². The Balaban J connectivity index is 2.15. The van der Waals surface area contributed by atoms with Crippen molar-refractivity contribution in [2.45, 2.75) is 0 Å². The molecule has 2 rings (SSSR count). The van der Waals surface area contributed by atoms with Crippen LogP contribution in [-0.2, 0) is 0 Å². The van der Waals surface area contributed by atoms with E-state index >= 15 is 0 Å². The highest BCUT2D eigenvalue weighted by Gasteiger charge is 2.06. The third-order valence-electron chi connectivity index (χ3n) is 2.62. The van der Waals surface area contributed by atoms with Gasteiger partial charge in [-0.1, -0.05) is 12.1 Å². The van der Waals surface area contributed by atoms with Crippen molar-refractivity contribution in [1.82, 2.24) is 15.5 Å². The molecule has 0 saturated carbocycles. The smallest absolute Gasteiger partial charge is 0.252 e. The van der Waals surface area contributed by atoms with Crippen LogP contribution in [0.4, 0.5) is 0 Å². The minimum absolute atomic E-state index is 0.00938. The fourth-order valence-corrected chi connectivity index (χ4v) is 1.60. The monoisotopic (exact) mass is 268 g/mol. The van der Waals surface area contributed by atoms with Gasteiger partial charge in [-0.2, -0.15) is 5.26 Å². The van der Waals surface area contributed by atoms with Gasteiger partial charge in [-0.05, 0) is 18.2 Å². The lowest BCUT2D eigenvalue weighted by molar-refractivity contribution is 0.0958. The van der Waals surface area contributed by atoms with Crippen LogP contribution in [-0.4, -0.2) is 29.8 Å². The molecule has 6 nitrogen and oxygen atoms in total. The average molecular weight is 268 g/mol. The molecule has 0 saturated heterocycles. The van der Waals surface area contributed by atoms with Gasteiger partial charge in [0.15, 0.2) is 0 Å². The molecule has 2 aromatic rings. The standard InChI is InChI=1S/C14H12N4O2/c1-20-13-7-6-12(17-18-13)10-2-4-11(5-3-10)14(19)16-9-8-15/h2-7H,9H2,1H3,(H,16,19). The summed E-state index contributed by atoms with van der Waals surface area (Å²) in [5.41, 5.74) is 2.03. The molecule has 0 fully saturated rings. The minimum Gasteiger partial charge on any atom is -0.480 e. The molecule has 20 heavy (non-hydrogen) atoms. The summed E-state index contributed by atoms with van der Waals surface area (Å²) in [7, 11) is 1.53. The normalized spacial score (nSPS) is 9.60. The van der Waals surface area contributed by atoms with Gasteiger partial charge in [0.25, 0.3) is 5.91 Å². The first kappa shape index (κ1) is 13.5. The summed E-state index contributed by atoms with van der Waals surface area (Å²) in [6.45, 7) is -0.00938. The molecule has 1 aromatic heterocycles. The topological polar surface area (TPSA) is 87.9 Å². The number of ether oxygens (including phenoxy) is 1. The van der Waals surface area contributed by atoms with E-state index in [9.17, 15) is 4.79 Å². The minimum atomic E-state index is -0.279. The van der Waals surface area contributed by atoms with Crippen molar-refractivity contribution in [2.75, 3.05) is 13.7 Å². The molecule has 1 amide bonds. The Labute approximate surface area is 116 Å². The molecule has 0 aliphatic heterocycles. The molecule has 0 bridgehead atoms. The van der Waals surface area contributed by atoms with E-state index in [1.165, 1.54) is 7.11 Å². The first-order valence-electron chi connectivity index (χ1n) is 5.88. The van der Waals surface area contributed by atoms with Crippen molar-refractivity contribution < 1.29 is 9.53 Å². The summed E-state index contributed by atoms with van der Waals surface area (Å²) in [4.78, 5) is 11.6. The fraction of sp³-hybridized carbons (Fsp3) is 0.143. The van der Waals surface area contributed by atoms with E-state index in [2.05, 4.69) is 15.5 Å². The van der Waals surface area contributed by atoms with E-state index in [1.54, 1.807) is 36.4 Å². The lowest BCUT2D eigenvalue weighted by atomic mass is 10.1. The number of nitriles is 1. The van der Waals surface area contributed by atoms with Gasteiger partial charge >= 0.3 is 0 Å². The highest BCUT2D eigenvalue weighted by Crippen LogP contribution is 2.18. The summed E-state index contributed by atoms with van der Waals surface area (Å²) in [6, 6.07) is 12.3. The number of nitrogens with zero attached hydrogens (tertiary/aromatic N) is 3. The molecular formula is C14H12N4O2.